The van der Waals surface area contributed by atoms with E-state index in [9.17, 15) is 0 Å². The Labute approximate surface area is 107 Å². The van der Waals surface area contributed by atoms with Crippen molar-refractivity contribution in [2.45, 2.75) is 70.9 Å². The van der Waals surface area contributed by atoms with Gasteiger partial charge in [-0.2, -0.15) is 0 Å². The Balaban J connectivity index is 1.95. The van der Waals surface area contributed by atoms with Crippen LogP contribution < -0.4 is 5.73 Å². The molecule has 0 aromatic carbocycles. The van der Waals surface area contributed by atoms with Gasteiger partial charge >= 0.3 is 0 Å². The molecule has 0 saturated heterocycles. The minimum absolute atomic E-state index is 0.772. The second kappa shape index (κ2) is 6.19. The predicted molar refractivity (Wildman–Crippen MR) is 74.0 cm³/mol. The predicted octanol–water partition coefficient (Wildman–Crippen LogP) is 3.01. The Morgan fingerprint density at radius 1 is 1.06 bits per heavy atom. The molecule has 2 nitrogen and oxygen atoms in total. The lowest BCUT2D eigenvalue weighted by molar-refractivity contribution is 0.0801. The lowest BCUT2D eigenvalue weighted by atomic mass is 9.85. The summed E-state index contributed by atoms with van der Waals surface area (Å²) in [5, 5.41) is 0. The van der Waals surface area contributed by atoms with Crippen LogP contribution in [-0.4, -0.2) is 30.1 Å². The highest BCUT2D eigenvalue weighted by molar-refractivity contribution is 4.90. The molecule has 2 atom stereocenters. The van der Waals surface area contributed by atoms with Crippen LogP contribution in [0.2, 0.25) is 0 Å². The maximum Gasteiger partial charge on any atom is 0.0138 e. The molecular weight excluding hydrogens is 208 g/mol. The number of nitrogens with zero attached hydrogens (tertiary/aromatic N) is 1. The normalized spacial score (nSPS) is 38.8. The third-order valence-electron chi connectivity index (χ3n) is 5.17. The highest BCUT2D eigenvalue weighted by Crippen LogP contribution is 2.35. The van der Waals surface area contributed by atoms with Gasteiger partial charge in [0.1, 0.15) is 0 Å². The molecule has 0 bridgehead atoms. The van der Waals surface area contributed by atoms with Crippen molar-refractivity contribution in [2.24, 2.45) is 17.6 Å². The SMILES string of the molecule is CCN(C1CCC(C)CC1)C1CCCC1CN. The summed E-state index contributed by atoms with van der Waals surface area (Å²) in [5.74, 6) is 1.73. The largest absolute Gasteiger partial charge is 0.330 e. The number of nitrogens with two attached hydrogens (primary N) is 1. The van der Waals surface area contributed by atoms with E-state index >= 15 is 0 Å². The molecule has 0 aromatic rings. The fourth-order valence-corrected chi connectivity index (χ4v) is 4.07. The van der Waals surface area contributed by atoms with Crippen LogP contribution >= 0.6 is 0 Å². The van der Waals surface area contributed by atoms with Crippen LogP contribution in [0.25, 0.3) is 0 Å². The van der Waals surface area contributed by atoms with E-state index in [0.29, 0.717) is 0 Å². The van der Waals surface area contributed by atoms with Crippen molar-refractivity contribution in [1.29, 1.82) is 0 Å². The van der Waals surface area contributed by atoms with E-state index < -0.39 is 0 Å². The first-order chi connectivity index (χ1) is 8.26. The zero-order chi connectivity index (χ0) is 12.3. The Morgan fingerprint density at radius 3 is 2.35 bits per heavy atom. The maximum absolute atomic E-state index is 5.94. The van der Waals surface area contributed by atoms with Gasteiger partial charge in [-0.25, -0.2) is 0 Å². The molecule has 0 heterocycles. The number of rotatable bonds is 4. The van der Waals surface area contributed by atoms with Crippen LogP contribution in [0.15, 0.2) is 0 Å². The Hall–Kier alpha value is -0.0800. The van der Waals surface area contributed by atoms with E-state index in [1.54, 1.807) is 0 Å². The quantitative estimate of drug-likeness (QED) is 0.816. The zero-order valence-electron chi connectivity index (χ0n) is 11.7. The topological polar surface area (TPSA) is 29.3 Å². The highest BCUT2D eigenvalue weighted by atomic mass is 15.2. The Bertz CT molecular complexity index is 221. The van der Waals surface area contributed by atoms with Crippen LogP contribution in [0, 0.1) is 11.8 Å². The summed E-state index contributed by atoms with van der Waals surface area (Å²) >= 11 is 0. The van der Waals surface area contributed by atoms with E-state index in [1.807, 2.05) is 0 Å². The summed E-state index contributed by atoms with van der Waals surface area (Å²) < 4.78 is 0. The van der Waals surface area contributed by atoms with Crippen LogP contribution in [0.5, 0.6) is 0 Å². The Morgan fingerprint density at radius 2 is 1.76 bits per heavy atom. The average Bonchev–Trinajstić information content (AvgIpc) is 2.81. The average molecular weight is 238 g/mol. The smallest absolute Gasteiger partial charge is 0.0138 e. The minimum Gasteiger partial charge on any atom is -0.330 e. The molecule has 2 aliphatic rings. The first kappa shape index (κ1) is 13.4. The van der Waals surface area contributed by atoms with Gasteiger partial charge in [-0.3, -0.25) is 4.90 Å². The molecule has 2 unspecified atom stereocenters. The van der Waals surface area contributed by atoms with Crippen molar-refractivity contribution in [3.8, 4) is 0 Å². The molecule has 0 radical (unpaired) electrons. The van der Waals surface area contributed by atoms with Crippen molar-refractivity contribution >= 4 is 0 Å². The zero-order valence-corrected chi connectivity index (χ0v) is 11.7. The molecule has 2 fully saturated rings. The number of hydrogen-bond donors (Lipinski definition) is 1. The van der Waals surface area contributed by atoms with Gasteiger partial charge in [0.15, 0.2) is 0 Å². The van der Waals surface area contributed by atoms with Gasteiger partial charge in [0.05, 0.1) is 0 Å². The highest BCUT2D eigenvalue weighted by Gasteiger charge is 2.34. The first-order valence-electron chi connectivity index (χ1n) is 7.72. The molecular formula is C15H30N2. The third-order valence-corrected chi connectivity index (χ3v) is 5.17. The summed E-state index contributed by atoms with van der Waals surface area (Å²) in [4.78, 5) is 2.80. The minimum atomic E-state index is 0.772. The third kappa shape index (κ3) is 3.03. The van der Waals surface area contributed by atoms with Crippen LogP contribution in [0.4, 0.5) is 0 Å². The molecule has 2 aliphatic carbocycles. The van der Waals surface area contributed by atoms with Crippen molar-refractivity contribution in [3.05, 3.63) is 0 Å². The van der Waals surface area contributed by atoms with Gasteiger partial charge in [-0.05, 0) is 63.5 Å². The summed E-state index contributed by atoms with van der Waals surface area (Å²) in [6, 6.07) is 1.65. The maximum atomic E-state index is 5.94. The molecule has 0 amide bonds. The molecule has 0 aromatic heterocycles. The van der Waals surface area contributed by atoms with Crippen LogP contribution in [-0.2, 0) is 0 Å². The molecule has 0 aliphatic heterocycles. The van der Waals surface area contributed by atoms with Crippen molar-refractivity contribution < 1.29 is 0 Å². The van der Waals surface area contributed by atoms with Gasteiger partial charge in [0.25, 0.3) is 0 Å². The van der Waals surface area contributed by atoms with Gasteiger partial charge in [0, 0.05) is 12.1 Å². The van der Waals surface area contributed by atoms with Crippen molar-refractivity contribution in [2.75, 3.05) is 13.1 Å². The van der Waals surface area contributed by atoms with Gasteiger partial charge in [0.2, 0.25) is 0 Å². The van der Waals surface area contributed by atoms with Gasteiger partial charge in [-0.15, -0.1) is 0 Å². The van der Waals surface area contributed by atoms with E-state index in [2.05, 4.69) is 18.7 Å². The summed E-state index contributed by atoms with van der Waals surface area (Å²) in [5.41, 5.74) is 5.94. The molecule has 100 valence electrons. The first-order valence-corrected chi connectivity index (χ1v) is 7.72. The molecule has 17 heavy (non-hydrogen) atoms. The monoisotopic (exact) mass is 238 g/mol. The molecule has 2 heteroatoms. The van der Waals surface area contributed by atoms with E-state index in [-0.39, 0.29) is 0 Å². The molecule has 0 spiro atoms. The van der Waals surface area contributed by atoms with Crippen molar-refractivity contribution in [1.82, 2.24) is 4.90 Å². The summed E-state index contributed by atoms with van der Waals surface area (Å²) in [6.07, 6.45) is 9.85. The Kier molecular flexibility index (Phi) is 4.87. The van der Waals surface area contributed by atoms with Crippen LogP contribution in [0.3, 0.4) is 0 Å². The standard InChI is InChI=1S/C15H30N2/c1-3-17(14-9-7-12(2)8-10-14)15-6-4-5-13(15)11-16/h12-15H,3-11,16H2,1-2H3. The second-order valence-electron chi connectivity index (χ2n) is 6.24. The fourth-order valence-electron chi connectivity index (χ4n) is 4.07. The van der Waals surface area contributed by atoms with Crippen LogP contribution in [0.1, 0.15) is 58.8 Å². The van der Waals surface area contributed by atoms with E-state index in [4.69, 9.17) is 5.73 Å². The summed E-state index contributed by atoms with van der Waals surface area (Å²) in [7, 11) is 0. The van der Waals surface area contributed by atoms with E-state index in [0.717, 1.165) is 30.5 Å². The molecule has 2 rings (SSSR count). The lowest BCUT2D eigenvalue weighted by Gasteiger charge is -2.41. The number of hydrogen-bond acceptors (Lipinski definition) is 2. The molecule has 2 saturated carbocycles. The van der Waals surface area contributed by atoms with Gasteiger partial charge in [-0.1, -0.05) is 20.3 Å². The lowest BCUT2D eigenvalue weighted by Crippen LogP contribution is -2.47. The van der Waals surface area contributed by atoms with Crippen molar-refractivity contribution in [3.63, 3.8) is 0 Å². The second-order valence-corrected chi connectivity index (χ2v) is 6.24. The molecule has 2 N–H and O–H groups in total. The van der Waals surface area contributed by atoms with Gasteiger partial charge < -0.3 is 5.73 Å². The van der Waals surface area contributed by atoms with E-state index in [1.165, 1.54) is 51.5 Å². The fraction of sp³-hybridized carbons (Fsp3) is 1.00. The summed E-state index contributed by atoms with van der Waals surface area (Å²) in [6.45, 7) is 6.86.